The monoisotopic (exact) mass is 427 g/mol. The van der Waals surface area contributed by atoms with E-state index in [4.69, 9.17) is 19.2 Å². The first-order valence-electron chi connectivity index (χ1n) is 9.79. The highest BCUT2D eigenvalue weighted by atomic mass is 32.1. The van der Waals surface area contributed by atoms with Crippen molar-refractivity contribution < 1.29 is 19.0 Å². The van der Waals surface area contributed by atoms with Crippen molar-refractivity contribution in [2.45, 2.75) is 19.1 Å². The standard InChI is InChI=1S/C22H25N3O4S/c1-14-20(29-18-8-6-5-7-17(18)28-14)21(26)25(12-11-24(2)3)22-23-16-10-9-15(27-4)13-19(16)30-22/h5-10,13-14,20H,11-12H2,1-4H3. The smallest absolute Gasteiger partial charge is 0.273 e. The lowest BCUT2D eigenvalue weighted by atomic mass is 10.1. The maximum Gasteiger partial charge on any atom is 0.273 e. The number of fused-ring (bicyclic) bond motifs is 2. The highest BCUT2D eigenvalue weighted by molar-refractivity contribution is 7.22. The first-order chi connectivity index (χ1) is 14.5. The second-order valence-electron chi connectivity index (χ2n) is 7.43. The molecular weight excluding hydrogens is 402 g/mol. The van der Waals surface area contributed by atoms with Gasteiger partial charge in [0.1, 0.15) is 11.9 Å². The number of para-hydroxylation sites is 2. The molecule has 30 heavy (non-hydrogen) atoms. The van der Waals surface area contributed by atoms with Crippen molar-refractivity contribution in [1.82, 2.24) is 9.88 Å². The number of amides is 1. The number of aromatic nitrogens is 1. The van der Waals surface area contributed by atoms with E-state index in [1.54, 1.807) is 12.0 Å². The molecular formula is C22H25N3O4S. The van der Waals surface area contributed by atoms with Gasteiger partial charge in [-0.25, -0.2) is 4.98 Å². The largest absolute Gasteiger partial charge is 0.497 e. The zero-order chi connectivity index (χ0) is 21.3. The Labute approximate surface area is 179 Å². The predicted molar refractivity (Wildman–Crippen MR) is 118 cm³/mol. The summed E-state index contributed by atoms with van der Waals surface area (Å²) in [4.78, 5) is 22.0. The number of hydrogen-bond acceptors (Lipinski definition) is 7. The lowest BCUT2D eigenvalue weighted by molar-refractivity contribution is -0.130. The number of rotatable bonds is 6. The fraction of sp³-hybridized carbons (Fsp3) is 0.364. The molecule has 2 atom stereocenters. The maximum absolute atomic E-state index is 13.6. The topological polar surface area (TPSA) is 64.1 Å². The molecule has 1 aromatic heterocycles. The van der Waals surface area contributed by atoms with Crippen LogP contribution in [0.4, 0.5) is 5.13 Å². The van der Waals surface area contributed by atoms with E-state index < -0.39 is 12.2 Å². The normalized spacial score (nSPS) is 17.9. The molecule has 1 aliphatic heterocycles. The summed E-state index contributed by atoms with van der Waals surface area (Å²) in [6.45, 7) is 3.05. The summed E-state index contributed by atoms with van der Waals surface area (Å²) in [6.07, 6.45) is -1.16. The van der Waals surface area contributed by atoms with Gasteiger partial charge in [0.25, 0.3) is 5.91 Å². The Morgan fingerprint density at radius 1 is 1.13 bits per heavy atom. The molecule has 2 aromatic carbocycles. The summed E-state index contributed by atoms with van der Waals surface area (Å²) in [5.41, 5.74) is 0.831. The van der Waals surface area contributed by atoms with Crippen molar-refractivity contribution in [2.75, 3.05) is 39.2 Å². The quantitative estimate of drug-likeness (QED) is 0.601. The Morgan fingerprint density at radius 3 is 2.57 bits per heavy atom. The molecule has 3 aromatic rings. The van der Waals surface area contributed by atoms with Crippen molar-refractivity contribution >= 4 is 32.6 Å². The third kappa shape index (κ3) is 4.06. The lowest BCUT2D eigenvalue weighted by Crippen LogP contribution is -2.52. The van der Waals surface area contributed by atoms with Crippen LogP contribution in [0.1, 0.15) is 6.92 Å². The van der Waals surface area contributed by atoms with Crippen LogP contribution in [0.5, 0.6) is 17.2 Å². The molecule has 8 heteroatoms. The van der Waals surface area contributed by atoms with Crippen LogP contribution in [0, 0.1) is 0 Å². The van der Waals surface area contributed by atoms with E-state index in [-0.39, 0.29) is 5.91 Å². The van der Waals surface area contributed by atoms with E-state index in [0.717, 1.165) is 16.0 Å². The number of hydrogen-bond donors (Lipinski definition) is 0. The van der Waals surface area contributed by atoms with Crippen LogP contribution < -0.4 is 19.1 Å². The number of likely N-dealkylation sites (N-methyl/N-ethyl adjacent to an activating group) is 1. The van der Waals surface area contributed by atoms with Crippen molar-refractivity contribution in [3.8, 4) is 17.2 Å². The minimum absolute atomic E-state index is 0.162. The third-order valence-corrected chi connectivity index (χ3v) is 5.98. The van der Waals surface area contributed by atoms with E-state index >= 15 is 0 Å². The predicted octanol–water partition coefficient (Wildman–Crippen LogP) is 3.43. The molecule has 1 aliphatic rings. The van der Waals surface area contributed by atoms with Gasteiger partial charge in [0.05, 0.1) is 17.3 Å². The zero-order valence-corrected chi connectivity index (χ0v) is 18.3. The van der Waals surface area contributed by atoms with Crippen LogP contribution in [0.3, 0.4) is 0 Å². The number of benzene rings is 2. The average Bonchev–Trinajstić information content (AvgIpc) is 3.15. The van der Waals surface area contributed by atoms with Gasteiger partial charge in [-0.3, -0.25) is 9.69 Å². The number of carbonyl (C=O) groups is 1. The number of nitrogens with zero attached hydrogens (tertiary/aromatic N) is 3. The highest BCUT2D eigenvalue weighted by Crippen LogP contribution is 2.36. The van der Waals surface area contributed by atoms with Crippen molar-refractivity contribution in [2.24, 2.45) is 0 Å². The summed E-state index contributed by atoms with van der Waals surface area (Å²) in [5, 5.41) is 0.639. The second kappa shape index (κ2) is 8.49. The first-order valence-corrected chi connectivity index (χ1v) is 10.6. The van der Waals surface area contributed by atoms with E-state index in [9.17, 15) is 4.79 Å². The van der Waals surface area contributed by atoms with Crippen LogP contribution in [-0.4, -0.2) is 62.3 Å². The highest BCUT2D eigenvalue weighted by Gasteiger charge is 2.38. The number of thiazole rings is 1. The van der Waals surface area contributed by atoms with Gasteiger partial charge < -0.3 is 19.1 Å². The molecule has 7 nitrogen and oxygen atoms in total. The summed E-state index contributed by atoms with van der Waals surface area (Å²) >= 11 is 1.46. The molecule has 0 aliphatic carbocycles. The summed E-state index contributed by atoms with van der Waals surface area (Å²) in [6, 6.07) is 13.1. The molecule has 0 saturated carbocycles. The van der Waals surface area contributed by atoms with Crippen LogP contribution in [-0.2, 0) is 4.79 Å². The fourth-order valence-corrected chi connectivity index (χ4v) is 4.31. The third-order valence-electron chi connectivity index (χ3n) is 4.94. The van der Waals surface area contributed by atoms with Crippen LogP contribution in [0.25, 0.3) is 10.2 Å². The molecule has 0 saturated heterocycles. The molecule has 2 unspecified atom stereocenters. The summed E-state index contributed by atoms with van der Waals surface area (Å²) in [7, 11) is 5.59. The zero-order valence-electron chi connectivity index (χ0n) is 17.5. The number of carbonyl (C=O) groups excluding carboxylic acids is 1. The molecule has 0 fully saturated rings. The maximum atomic E-state index is 13.6. The van der Waals surface area contributed by atoms with Crippen LogP contribution in [0.15, 0.2) is 42.5 Å². The van der Waals surface area contributed by atoms with Crippen molar-refractivity contribution in [1.29, 1.82) is 0 Å². The molecule has 0 spiro atoms. The fourth-order valence-electron chi connectivity index (χ4n) is 3.28. The Balaban J connectivity index is 1.66. The Kier molecular flexibility index (Phi) is 5.78. The molecule has 158 valence electrons. The average molecular weight is 428 g/mol. The van der Waals surface area contributed by atoms with Gasteiger partial charge in [0.2, 0.25) is 6.10 Å². The number of ether oxygens (including phenoxy) is 3. The Hall–Kier alpha value is -2.84. The van der Waals surface area contributed by atoms with Gasteiger partial charge in [0, 0.05) is 13.1 Å². The number of anilines is 1. The minimum Gasteiger partial charge on any atom is -0.497 e. The Morgan fingerprint density at radius 2 is 1.87 bits per heavy atom. The molecule has 4 rings (SSSR count). The van der Waals surface area contributed by atoms with Crippen molar-refractivity contribution in [3.05, 3.63) is 42.5 Å². The molecule has 0 N–H and O–H groups in total. The Bertz CT molecular complexity index is 1050. The van der Waals surface area contributed by atoms with E-state index in [2.05, 4.69) is 0 Å². The van der Waals surface area contributed by atoms with Crippen molar-refractivity contribution in [3.63, 3.8) is 0 Å². The van der Waals surface area contributed by atoms with Gasteiger partial charge in [0.15, 0.2) is 16.6 Å². The van der Waals surface area contributed by atoms with E-state index in [0.29, 0.717) is 29.7 Å². The van der Waals surface area contributed by atoms with Crippen LogP contribution in [0.2, 0.25) is 0 Å². The van der Waals surface area contributed by atoms with Gasteiger partial charge in [-0.2, -0.15) is 0 Å². The van der Waals surface area contributed by atoms with Gasteiger partial charge >= 0.3 is 0 Å². The summed E-state index contributed by atoms with van der Waals surface area (Å²) in [5.74, 6) is 1.83. The first kappa shape index (κ1) is 20.4. The summed E-state index contributed by atoms with van der Waals surface area (Å²) < 4.78 is 18.3. The molecule has 0 radical (unpaired) electrons. The lowest BCUT2D eigenvalue weighted by Gasteiger charge is -2.34. The van der Waals surface area contributed by atoms with E-state index in [1.165, 1.54) is 11.3 Å². The van der Waals surface area contributed by atoms with Gasteiger partial charge in [-0.15, -0.1) is 0 Å². The second-order valence-corrected chi connectivity index (χ2v) is 8.44. The molecule has 0 bridgehead atoms. The van der Waals surface area contributed by atoms with Gasteiger partial charge in [-0.05, 0) is 51.4 Å². The van der Waals surface area contributed by atoms with E-state index in [1.807, 2.05) is 68.4 Å². The van der Waals surface area contributed by atoms with Gasteiger partial charge in [-0.1, -0.05) is 23.5 Å². The minimum atomic E-state index is -0.747. The molecule has 2 heterocycles. The number of methoxy groups -OCH3 is 1. The SMILES string of the molecule is COc1ccc2nc(N(CCN(C)C)C(=O)C3Oc4ccccc4OC3C)sc2c1. The molecule has 1 amide bonds. The van der Waals surface area contributed by atoms with Crippen LogP contribution >= 0.6 is 11.3 Å².